The summed E-state index contributed by atoms with van der Waals surface area (Å²) in [4.78, 5) is 13.3. The lowest BCUT2D eigenvalue weighted by atomic mass is 9.97. The minimum Gasteiger partial charge on any atom is -0.447 e. The maximum Gasteiger partial charge on any atom is 0.410 e. The van der Waals surface area contributed by atoms with Crippen molar-refractivity contribution in [1.29, 1.82) is 0 Å². The van der Waals surface area contributed by atoms with Crippen LogP contribution < -0.4 is 11.1 Å². The Morgan fingerprint density at radius 1 is 1.47 bits per heavy atom. The summed E-state index contributed by atoms with van der Waals surface area (Å²) in [5.41, 5.74) is 5.61. The topological polar surface area (TPSA) is 67.6 Å². The number of rotatable bonds is 3. The molecule has 5 heteroatoms. The van der Waals surface area contributed by atoms with Crippen molar-refractivity contribution >= 4 is 6.09 Å². The second kappa shape index (κ2) is 4.81. The van der Waals surface area contributed by atoms with Gasteiger partial charge in [-0.25, -0.2) is 4.79 Å². The molecule has 86 valence electrons. The molecular formula is C10H19N3O2. The van der Waals surface area contributed by atoms with E-state index in [1.54, 1.807) is 4.90 Å². The van der Waals surface area contributed by atoms with Gasteiger partial charge in [0.05, 0.1) is 6.04 Å². The predicted molar refractivity (Wildman–Crippen MR) is 56.5 cm³/mol. The van der Waals surface area contributed by atoms with Crippen LogP contribution in [0.3, 0.4) is 0 Å². The standard InChI is InChI=1S/C10H19N3O2/c11-5-9-7-15-10(14)13(9)6-8-1-3-12-4-2-8/h8-9,12H,1-7,11H2. The molecule has 0 aliphatic carbocycles. The maximum absolute atomic E-state index is 11.4. The van der Waals surface area contributed by atoms with E-state index in [0.29, 0.717) is 19.1 Å². The average molecular weight is 213 g/mol. The number of hydrogen-bond donors (Lipinski definition) is 2. The molecule has 5 nitrogen and oxygen atoms in total. The van der Waals surface area contributed by atoms with Gasteiger partial charge >= 0.3 is 6.09 Å². The van der Waals surface area contributed by atoms with Crippen molar-refractivity contribution in [3.8, 4) is 0 Å². The molecule has 1 unspecified atom stereocenters. The molecule has 0 aromatic carbocycles. The van der Waals surface area contributed by atoms with Gasteiger partial charge in [-0.15, -0.1) is 0 Å². The molecule has 2 fully saturated rings. The molecule has 2 heterocycles. The summed E-state index contributed by atoms with van der Waals surface area (Å²) in [7, 11) is 0. The molecule has 2 aliphatic heterocycles. The van der Waals surface area contributed by atoms with Gasteiger partial charge in [0.25, 0.3) is 0 Å². The maximum atomic E-state index is 11.4. The third-order valence-electron chi connectivity index (χ3n) is 3.26. The highest BCUT2D eigenvalue weighted by Gasteiger charge is 2.33. The lowest BCUT2D eigenvalue weighted by Gasteiger charge is -2.28. The fourth-order valence-electron chi connectivity index (χ4n) is 2.25. The number of ether oxygens (including phenoxy) is 1. The summed E-state index contributed by atoms with van der Waals surface area (Å²) >= 11 is 0. The van der Waals surface area contributed by atoms with Crippen molar-refractivity contribution in [3.05, 3.63) is 0 Å². The molecule has 0 aromatic rings. The van der Waals surface area contributed by atoms with E-state index in [1.165, 1.54) is 0 Å². The van der Waals surface area contributed by atoms with E-state index in [0.717, 1.165) is 32.5 Å². The Labute approximate surface area is 89.9 Å². The number of hydrogen-bond acceptors (Lipinski definition) is 4. The number of amides is 1. The van der Waals surface area contributed by atoms with Gasteiger partial charge in [0, 0.05) is 13.1 Å². The molecule has 0 bridgehead atoms. The van der Waals surface area contributed by atoms with E-state index >= 15 is 0 Å². The molecule has 0 spiro atoms. The lowest BCUT2D eigenvalue weighted by Crippen LogP contribution is -2.43. The number of nitrogens with zero attached hydrogens (tertiary/aromatic N) is 1. The Bertz CT molecular complexity index is 229. The van der Waals surface area contributed by atoms with Crippen molar-refractivity contribution < 1.29 is 9.53 Å². The highest BCUT2D eigenvalue weighted by atomic mass is 16.6. The fraction of sp³-hybridized carbons (Fsp3) is 0.900. The zero-order valence-electron chi connectivity index (χ0n) is 8.95. The predicted octanol–water partition coefficient (Wildman–Crippen LogP) is -0.234. The van der Waals surface area contributed by atoms with Crippen molar-refractivity contribution in [3.63, 3.8) is 0 Å². The minimum atomic E-state index is -0.191. The normalized spacial score (nSPS) is 28.2. The molecule has 0 saturated carbocycles. The van der Waals surface area contributed by atoms with E-state index in [-0.39, 0.29) is 12.1 Å². The van der Waals surface area contributed by atoms with Gasteiger partial charge in [-0.1, -0.05) is 0 Å². The molecule has 1 amide bonds. The van der Waals surface area contributed by atoms with Crippen LogP contribution in [0.15, 0.2) is 0 Å². The van der Waals surface area contributed by atoms with Crippen LogP contribution in [-0.4, -0.2) is 49.8 Å². The SMILES string of the molecule is NCC1COC(=O)N1CC1CCNCC1. The van der Waals surface area contributed by atoms with Crippen molar-refractivity contribution in [2.75, 3.05) is 32.8 Å². The zero-order chi connectivity index (χ0) is 10.7. The van der Waals surface area contributed by atoms with Crippen LogP contribution in [0.1, 0.15) is 12.8 Å². The Hall–Kier alpha value is -0.810. The molecule has 15 heavy (non-hydrogen) atoms. The van der Waals surface area contributed by atoms with Crippen LogP contribution in [0.2, 0.25) is 0 Å². The zero-order valence-corrected chi connectivity index (χ0v) is 8.95. The fourth-order valence-corrected chi connectivity index (χ4v) is 2.25. The number of nitrogens with one attached hydrogen (secondary N) is 1. The molecule has 0 radical (unpaired) electrons. The summed E-state index contributed by atoms with van der Waals surface area (Å²) in [6.07, 6.45) is 2.09. The highest BCUT2D eigenvalue weighted by Crippen LogP contribution is 2.19. The number of carbonyl (C=O) groups excluding carboxylic acids is 1. The van der Waals surface area contributed by atoms with E-state index in [1.807, 2.05) is 0 Å². The summed E-state index contributed by atoms with van der Waals surface area (Å²) < 4.78 is 5.00. The first-order valence-electron chi connectivity index (χ1n) is 5.65. The first-order chi connectivity index (χ1) is 7.31. The molecule has 3 N–H and O–H groups in total. The van der Waals surface area contributed by atoms with E-state index in [9.17, 15) is 4.79 Å². The van der Waals surface area contributed by atoms with Gasteiger partial charge in [-0.05, 0) is 31.8 Å². The van der Waals surface area contributed by atoms with Crippen LogP contribution in [0, 0.1) is 5.92 Å². The molecular weight excluding hydrogens is 194 g/mol. The number of piperidine rings is 1. The van der Waals surface area contributed by atoms with E-state index in [4.69, 9.17) is 10.5 Å². The Morgan fingerprint density at radius 3 is 2.87 bits per heavy atom. The van der Waals surface area contributed by atoms with Crippen LogP contribution in [-0.2, 0) is 4.74 Å². The summed E-state index contributed by atoms with van der Waals surface area (Å²) in [6, 6.07) is 0.0902. The van der Waals surface area contributed by atoms with Crippen LogP contribution in [0.5, 0.6) is 0 Å². The molecule has 1 atom stereocenters. The van der Waals surface area contributed by atoms with Crippen molar-refractivity contribution in [1.82, 2.24) is 10.2 Å². The van der Waals surface area contributed by atoms with Gasteiger partial charge in [0.1, 0.15) is 6.61 Å². The monoisotopic (exact) mass is 213 g/mol. The Kier molecular flexibility index (Phi) is 3.43. The first kappa shape index (κ1) is 10.7. The summed E-state index contributed by atoms with van der Waals surface area (Å²) in [5.74, 6) is 0.603. The lowest BCUT2D eigenvalue weighted by molar-refractivity contribution is 0.149. The highest BCUT2D eigenvalue weighted by molar-refractivity contribution is 5.70. The van der Waals surface area contributed by atoms with Crippen LogP contribution in [0.25, 0.3) is 0 Å². The summed E-state index contributed by atoms with van der Waals surface area (Å²) in [6.45, 7) is 3.88. The van der Waals surface area contributed by atoms with Gasteiger partial charge < -0.3 is 20.7 Å². The third kappa shape index (κ3) is 2.41. The smallest absolute Gasteiger partial charge is 0.410 e. The second-order valence-corrected chi connectivity index (χ2v) is 4.31. The van der Waals surface area contributed by atoms with Crippen LogP contribution >= 0.6 is 0 Å². The average Bonchev–Trinajstić information content (AvgIpc) is 2.62. The van der Waals surface area contributed by atoms with E-state index < -0.39 is 0 Å². The Morgan fingerprint density at radius 2 is 2.20 bits per heavy atom. The number of cyclic esters (lactones) is 1. The van der Waals surface area contributed by atoms with Crippen molar-refractivity contribution in [2.45, 2.75) is 18.9 Å². The largest absolute Gasteiger partial charge is 0.447 e. The number of nitrogens with two attached hydrogens (primary N) is 1. The molecule has 2 saturated heterocycles. The van der Waals surface area contributed by atoms with Crippen LogP contribution in [0.4, 0.5) is 4.79 Å². The molecule has 2 aliphatic rings. The minimum absolute atomic E-state index is 0.0902. The van der Waals surface area contributed by atoms with E-state index in [2.05, 4.69) is 5.32 Å². The molecule has 2 rings (SSSR count). The van der Waals surface area contributed by atoms with Gasteiger partial charge in [0.2, 0.25) is 0 Å². The first-order valence-corrected chi connectivity index (χ1v) is 5.65. The second-order valence-electron chi connectivity index (χ2n) is 4.31. The van der Waals surface area contributed by atoms with Gasteiger partial charge in [0.15, 0.2) is 0 Å². The number of carbonyl (C=O) groups is 1. The van der Waals surface area contributed by atoms with Crippen molar-refractivity contribution in [2.24, 2.45) is 11.7 Å². The quantitative estimate of drug-likeness (QED) is 0.679. The Balaban J connectivity index is 1.88. The molecule has 0 aromatic heterocycles. The third-order valence-corrected chi connectivity index (χ3v) is 3.26. The summed E-state index contributed by atoms with van der Waals surface area (Å²) in [5, 5.41) is 3.32. The van der Waals surface area contributed by atoms with Gasteiger partial charge in [-0.2, -0.15) is 0 Å². The van der Waals surface area contributed by atoms with Gasteiger partial charge in [-0.3, -0.25) is 0 Å².